The lowest BCUT2D eigenvalue weighted by molar-refractivity contribution is -0.121. The molecule has 0 bridgehead atoms. The average Bonchev–Trinajstić information content (AvgIpc) is 2.80. The molecular formula is C14H15N3O4. The van der Waals surface area contributed by atoms with Crippen LogP contribution in [0.1, 0.15) is 10.4 Å². The molecule has 0 saturated heterocycles. The van der Waals surface area contributed by atoms with Gasteiger partial charge in [-0.15, -0.1) is 0 Å². The third-order valence-electron chi connectivity index (χ3n) is 2.91. The zero-order chi connectivity index (χ0) is 15.4. The van der Waals surface area contributed by atoms with Crippen LogP contribution in [-0.4, -0.2) is 42.1 Å². The number of carbonyl (C=O) groups excluding carboxylic acids is 3. The van der Waals surface area contributed by atoms with Gasteiger partial charge in [-0.1, -0.05) is 18.2 Å². The summed E-state index contributed by atoms with van der Waals surface area (Å²) in [6, 6.07) is 7.10. The number of benzene rings is 1. The van der Waals surface area contributed by atoms with E-state index in [1.807, 2.05) is 0 Å². The Bertz CT molecular complexity index is 676. The van der Waals surface area contributed by atoms with Gasteiger partial charge in [0.15, 0.2) is 5.78 Å². The SMILES string of the molecule is NC(=O)CN(CC(N)=O)CC(=O)c1coc2ccccc12. The van der Waals surface area contributed by atoms with Crippen LogP contribution in [0, 0.1) is 0 Å². The summed E-state index contributed by atoms with van der Waals surface area (Å²) in [6.45, 7) is -0.579. The van der Waals surface area contributed by atoms with E-state index in [9.17, 15) is 14.4 Å². The molecule has 1 heterocycles. The number of nitrogens with zero attached hydrogens (tertiary/aromatic N) is 1. The van der Waals surface area contributed by atoms with Crippen molar-refractivity contribution in [2.24, 2.45) is 11.5 Å². The molecular weight excluding hydrogens is 274 g/mol. The highest BCUT2D eigenvalue weighted by atomic mass is 16.3. The molecule has 21 heavy (non-hydrogen) atoms. The number of fused-ring (bicyclic) bond motifs is 1. The van der Waals surface area contributed by atoms with Gasteiger partial charge >= 0.3 is 0 Å². The van der Waals surface area contributed by atoms with E-state index in [1.165, 1.54) is 11.2 Å². The number of amides is 2. The Labute approximate surface area is 120 Å². The Balaban J connectivity index is 2.18. The van der Waals surface area contributed by atoms with E-state index in [0.29, 0.717) is 16.5 Å². The summed E-state index contributed by atoms with van der Waals surface area (Å²) >= 11 is 0. The molecule has 2 amide bonds. The van der Waals surface area contributed by atoms with E-state index in [-0.39, 0.29) is 25.4 Å². The molecule has 0 aliphatic rings. The molecule has 7 nitrogen and oxygen atoms in total. The maximum absolute atomic E-state index is 12.3. The van der Waals surface area contributed by atoms with Crippen LogP contribution in [0.25, 0.3) is 11.0 Å². The summed E-state index contributed by atoms with van der Waals surface area (Å²) in [7, 11) is 0. The van der Waals surface area contributed by atoms with Gasteiger partial charge in [0.05, 0.1) is 25.2 Å². The lowest BCUT2D eigenvalue weighted by Gasteiger charge is -2.17. The summed E-state index contributed by atoms with van der Waals surface area (Å²) in [5, 5.41) is 0.681. The van der Waals surface area contributed by atoms with Gasteiger partial charge in [-0.25, -0.2) is 0 Å². The molecule has 0 radical (unpaired) electrons. The molecule has 2 aromatic rings. The van der Waals surface area contributed by atoms with Crippen molar-refractivity contribution in [3.05, 3.63) is 36.1 Å². The van der Waals surface area contributed by atoms with Crippen LogP contribution in [0.5, 0.6) is 0 Å². The standard InChI is InChI=1S/C14H15N3O4/c15-13(19)6-17(7-14(16)20)5-11(18)10-8-21-12-4-2-1-3-9(10)12/h1-4,8H,5-7H2,(H2,15,19)(H2,16,20). The van der Waals surface area contributed by atoms with E-state index in [4.69, 9.17) is 15.9 Å². The Morgan fingerprint density at radius 2 is 1.62 bits per heavy atom. The highest BCUT2D eigenvalue weighted by Gasteiger charge is 2.19. The van der Waals surface area contributed by atoms with E-state index in [1.54, 1.807) is 24.3 Å². The molecule has 1 aromatic heterocycles. The van der Waals surface area contributed by atoms with Crippen molar-refractivity contribution < 1.29 is 18.8 Å². The number of nitrogens with two attached hydrogens (primary N) is 2. The topological polar surface area (TPSA) is 120 Å². The van der Waals surface area contributed by atoms with E-state index in [2.05, 4.69) is 0 Å². The molecule has 7 heteroatoms. The first-order chi connectivity index (χ1) is 9.97. The van der Waals surface area contributed by atoms with Crippen LogP contribution >= 0.6 is 0 Å². The third kappa shape index (κ3) is 3.67. The first kappa shape index (κ1) is 14.7. The van der Waals surface area contributed by atoms with E-state index < -0.39 is 11.8 Å². The Hall–Kier alpha value is -2.67. The normalized spacial score (nSPS) is 10.9. The molecule has 0 atom stereocenters. The Morgan fingerprint density at radius 3 is 2.24 bits per heavy atom. The lowest BCUT2D eigenvalue weighted by Crippen LogP contribution is -2.42. The molecule has 0 aliphatic heterocycles. The zero-order valence-electron chi connectivity index (χ0n) is 11.2. The largest absolute Gasteiger partial charge is 0.464 e. The van der Waals surface area contributed by atoms with E-state index in [0.717, 1.165) is 0 Å². The predicted molar refractivity (Wildman–Crippen MR) is 75.4 cm³/mol. The number of primary amides is 2. The molecule has 0 fully saturated rings. The number of rotatable bonds is 7. The van der Waals surface area contributed by atoms with Gasteiger partial charge < -0.3 is 15.9 Å². The molecule has 0 spiro atoms. The van der Waals surface area contributed by atoms with Crippen molar-refractivity contribution in [3.63, 3.8) is 0 Å². The first-order valence-corrected chi connectivity index (χ1v) is 6.25. The van der Waals surface area contributed by atoms with Crippen LogP contribution < -0.4 is 11.5 Å². The number of hydrogen-bond acceptors (Lipinski definition) is 5. The smallest absolute Gasteiger partial charge is 0.231 e. The summed E-state index contributed by atoms with van der Waals surface area (Å²) < 4.78 is 5.29. The van der Waals surface area contributed by atoms with Gasteiger partial charge in [0, 0.05) is 5.39 Å². The molecule has 1 aromatic carbocycles. The van der Waals surface area contributed by atoms with Gasteiger partial charge in [-0.05, 0) is 6.07 Å². The highest BCUT2D eigenvalue weighted by molar-refractivity contribution is 6.08. The monoisotopic (exact) mass is 289 g/mol. The minimum absolute atomic E-state index is 0.143. The van der Waals surface area contributed by atoms with Crippen molar-refractivity contribution in [2.75, 3.05) is 19.6 Å². The second-order valence-corrected chi connectivity index (χ2v) is 4.65. The number of ketones is 1. The van der Waals surface area contributed by atoms with Crippen LogP contribution in [-0.2, 0) is 9.59 Å². The minimum Gasteiger partial charge on any atom is -0.464 e. The second-order valence-electron chi connectivity index (χ2n) is 4.65. The van der Waals surface area contributed by atoms with Crippen molar-refractivity contribution in [2.45, 2.75) is 0 Å². The number of para-hydroxylation sites is 1. The van der Waals surface area contributed by atoms with Crippen molar-refractivity contribution in [3.8, 4) is 0 Å². The van der Waals surface area contributed by atoms with Crippen LogP contribution in [0.3, 0.4) is 0 Å². The summed E-state index contributed by atoms with van der Waals surface area (Å²) in [5.41, 5.74) is 11.2. The fourth-order valence-corrected chi connectivity index (χ4v) is 2.09. The Morgan fingerprint density at radius 1 is 1.00 bits per heavy atom. The summed E-state index contributed by atoms with van der Waals surface area (Å²) in [4.78, 5) is 35.5. The van der Waals surface area contributed by atoms with Crippen molar-refractivity contribution in [1.82, 2.24) is 4.90 Å². The maximum atomic E-state index is 12.3. The molecule has 2 rings (SSSR count). The fourth-order valence-electron chi connectivity index (χ4n) is 2.09. The lowest BCUT2D eigenvalue weighted by atomic mass is 10.1. The van der Waals surface area contributed by atoms with E-state index >= 15 is 0 Å². The molecule has 110 valence electrons. The van der Waals surface area contributed by atoms with Crippen molar-refractivity contribution in [1.29, 1.82) is 0 Å². The van der Waals surface area contributed by atoms with Crippen molar-refractivity contribution >= 4 is 28.6 Å². The Kier molecular flexibility index (Phi) is 4.34. The summed E-state index contributed by atoms with van der Waals surface area (Å²) in [5.74, 6) is -1.55. The third-order valence-corrected chi connectivity index (χ3v) is 2.91. The average molecular weight is 289 g/mol. The van der Waals surface area contributed by atoms with Gasteiger partial charge in [-0.2, -0.15) is 0 Å². The molecule has 0 unspecified atom stereocenters. The summed E-state index contributed by atoms with van der Waals surface area (Å²) in [6.07, 6.45) is 1.36. The molecule has 4 N–H and O–H groups in total. The highest BCUT2D eigenvalue weighted by Crippen LogP contribution is 2.21. The number of Topliss-reactive ketones (excluding diaryl/α,β-unsaturated/α-hetero) is 1. The predicted octanol–water partition coefficient (Wildman–Crippen LogP) is -0.112. The molecule has 0 aliphatic carbocycles. The molecule has 0 saturated carbocycles. The first-order valence-electron chi connectivity index (χ1n) is 6.25. The van der Waals surface area contributed by atoms with Gasteiger partial charge in [0.2, 0.25) is 11.8 Å². The van der Waals surface area contributed by atoms with Gasteiger partial charge in [-0.3, -0.25) is 19.3 Å². The minimum atomic E-state index is -0.638. The zero-order valence-corrected chi connectivity index (χ0v) is 11.2. The quantitative estimate of drug-likeness (QED) is 0.689. The van der Waals surface area contributed by atoms with Gasteiger partial charge in [0.1, 0.15) is 11.8 Å². The second kappa shape index (κ2) is 6.19. The number of furan rings is 1. The number of carbonyl (C=O) groups is 3. The maximum Gasteiger partial charge on any atom is 0.231 e. The fraction of sp³-hybridized carbons (Fsp3) is 0.214. The number of hydrogen-bond donors (Lipinski definition) is 2. The van der Waals surface area contributed by atoms with Crippen LogP contribution in [0.4, 0.5) is 0 Å². The van der Waals surface area contributed by atoms with Crippen LogP contribution in [0.2, 0.25) is 0 Å². The van der Waals surface area contributed by atoms with Gasteiger partial charge in [0.25, 0.3) is 0 Å². The van der Waals surface area contributed by atoms with Crippen LogP contribution in [0.15, 0.2) is 34.9 Å².